The molecule has 0 aliphatic rings. The molecule has 0 amide bonds. The molecule has 0 aliphatic heterocycles. The van der Waals surface area contributed by atoms with Crippen molar-refractivity contribution in [2.75, 3.05) is 13.7 Å². The van der Waals surface area contributed by atoms with E-state index in [2.05, 4.69) is 0 Å². The lowest BCUT2D eigenvalue weighted by Crippen LogP contribution is -2.20. The van der Waals surface area contributed by atoms with E-state index in [1.54, 1.807) is 0 Å². The Labute approximate surface area is 110 Å². The first kappa shape index (κ1) is 17.0. The fraction of sp³-hybridized carbons (Fsp3) is 0.455. The number of methoxy groups -OCH3 is 1. The molecule has 0 bridgehead atoms. The SMILES string of the molecule is COc1ccc([C@H](N)CCN)c(C(F)(F)F)c1.Cl. The number of rotatable bonds is 4. The summed E-state index contributed by atoms with van der Waals surface area (Å²) in [4.78, 5) is 0. The first-order valence-corrected chi connectivity index (χ1v) is 5.11. The van der Waals surface area contributed by atoms with E-state index in [1.807, 2.05) is 0 Å². The van der Waals surface area contributed by atoms with Gasteiger partial charge in [-0.25, -0.2) is 0 Å². The Morgan fingerprint density at radius 1 is 1.33 bits per heavy atom. The maximum Gasteiger partial charge on any atom is 0.416 e. The highest BCUT2D eigenvalue weighted by Gasteiger charge is 2.35. The van der Waals surface area contributed by atoms with Gasteiger partial charge in [0, 0.05) is 6.04 Å². The fourth-order valence-electron chi connectivity index (χ4n) is 1.57. The fourth-order valence-corrected chi connectivity index (χ4v) is 1.57. The Morgan fingerprint density at radius 3 is 2.39 bits per heavy atom. The third kappa shape index (κ3) is 4.04. The molecule has 0 radical (unpaired) electrons. The second kappa shape index (κ2) is 6.82. The van der Waals surface area contributed by atoms with Gasteiger partial charge in [-0.15, -0.1) is 12.4 Å². The van der Waals surface area contributed by atoms with Crippen molar-refractivity contribution in [3.05, 3.63) is 29.3 Å². The van der Waals surface area contributed by atoms with Crippen molar-refractivity contribution in [2.45, 2.75) is 18.6 Å². The number of hydrogen-bond donors (Lipinski definition) is 2. The number of nitrogens with two attached hydrogens (primary N) is 2. The second-order valence-corrected chi connectivity index (χ2v) is 3.63. The van der Waals surface area contributed by atoms with Crippen molar-refractivity contribution in [3.8, 4) is 5.75 Å². The molecular formula is C11H16ClF3N2O. The summed E-state index contributed by atoms with van der Waals surface area (Å²) in [5.74, 6) is 0.154. The van der Waals surface area contributed by atoms with E-state index in [0.29, 0.717) is 6.42 Å². The smallest absolute Gasteiger partial charge is 0.416 e. The van der Waals surface area contributed by atoms with Crippen molar-refractivity contribution in [3.63, 3.8) is 0 Å². The van der Waals surface area contributed by atoms with Crippen LogP contribution >= 0.6 is 12.4 Å². The van der Waals surface area contributed by atoms with Gasteiger partial charge in [0.25, 0.3) is 0 Å². The molecule has 0 saturated carbocycles. The zero-order valence-electron chi connectivity index (χ0n) is 9.83. The molecule has 3 nitrogen and oxygen atoms in total. The first-order valence-electron chi connectivity index (χ1n) is 5.11. The summed E-state index contributed by atoms with van der Waals surface area (Å²) in [6, 6.07) is 3.02. The molecule has 0 heterocycles. The van der Waals surface area contributed by atoms with Gasteiger partial charge in [0.05, 0.1) is 12.7 Å². The summed E-state index contributed by atoms with van der Waals surface area (Å²) in [6.45, 7) is 0.241. The Balaban J connectivity index is 0.00000289. The molecule has 0 aromatic heterocycles. The summed E-state index contributed by atoms with van der Waals surface area (Å²) in [5.41, 5.74) is 10.2. The van der Waals surface area contributed by atoms with Crippen molar-refractivity contribution >= 4 is 12.4 Å². The Morgan fingerprint density at radius 2 is 1.94 bits per heavy atom. The van der Waals surface area contributed by atoms with Gasteiger partial charge in [0.2, 0.25) is 0 Å². The van der Waals surface area contributed by atoms with E-state index in [4.69, 9.17) is 16.2 Å². The largest absolute Gasteiger partial charge is 0.497 e. The van der Waals surface area contributed by atoms with Gasteiger partial charge < -0.3 is 16.2 Å². The van der Waals surface area contributed by atoms with Crippen LogP contribution in [-0.4, -0.2) is 13.7 Å². The van der Waals surface area contributed by atoms with Crippen LogP contribution in [0, 0.1) is 0 Å². The molecule has 0 aliphatic carbocycles. The molecule has 1 aromatic carbocycles. The number of benzene rings is 1. The van der Waals surface area contributed by atoms with Crippen molar-refractivity contribution in [1.82, 2.24) is 0 Å². The van der Waals surface area contributed by atoms with E-state index in [9.17, 15) is 13.2 Å². The normalized spacial score (nSPS) is 12.8. The lowest BCUT2D eigenvalue weighted by molar-refractivity contribution is -0.138. The van der Waals surface area contributed by atoms with Crippen LogP contribution in [0.25, 0.3) is 0 Å². The zero-order valence-corrected chi connectivity index (χ0v) is 10.6. The highest BCUT2D eigenvalue weighted by atomic mass is 35.5. The summed E-state index contributed by atoms with van der Waals surface area (Å²) in [5, 5.41) is 0. The number of hydrogen-bond acceptors (Lipinski definition) is 3. The molecule has 1 rings (SSSR count). The van der Waals surface area contributed by atoms with E-state index in [0.717, 1.165) is 6.07 Å². The highest BCUT2D eigenvalue weighted by molar-refractivity contribution is 5.85. The standard InChI is InChI=1S/C11H15F3N2O.ClH/c1-17-7-2-3-8(10(16)4-5-15)9(6-7)11(12,13)14;/h2-3,6,10H,4-5,15-16H2,1H3;1H/t10-;/m1./s1. The Kier molecular flexibility index (Phi) is 6.45. The van der Waals surface area contributed by atoms with E-state index in [-0.39, 0.29) is 30.3 Å². The Bertz CT molecular complexity index is 385. The van der Waals surface area contributed by atoms with Gasteiger partial charge >= 0.3 is 6.18 Å². The summed E-state index contributed by atoms with van der Waals surface area (Å²) in [6.07, 6.45) is -4.15. The van der Waals surface area contributed by atoms with Crippen LogP contribution in [0.1, 0.15) is 23.6 Å². The minimum atomic E-state index is -4.45. The van der Waals surface area contributed by atoms with Crippen molar-refractivity contribution < 1.29 is 17.9 Å². The summed E-state index contributed by atoms with van der Waals surface area (Å²) < 4.78 is 43.2. The van der Waals surface area contributed by atoms with Gasteiger partial charge in [-0.2, -0.15) is 13.2 Å². The molecule has 0 unspecified atom stereocenters. The van der Waals surface area contributed by atoms with E-state index >= 15 is 0 Å². The quantitative estimate of drug-likeness (QED) is 0.893. The summed E-state index contributed by atoms with van der Waals surface area (Å²) in [7, 11) is 1.31. The van der Waals surface area contributed by atoms with Crippen LogP contribution in [0.3, 0.4) is 0 Å². The Hall–Kier alpha value is -0.980. The van der Waals surface area contributed by atoms with E-state index in [1.165, 1.54) is 19.2 Å². The van der Waals surface area contributed by atoms with Crippen LogP contribution in [0.15, 0.2) is 18.2 Å². The molecule has 104 valence electrons. The highest BCUT2D eigenvalue weighted by Crippen LogP contribution is 2.36. The van der Waals surface area contributed by atoms with Gasteiger partial charge in [0.15, 0.2) is 0 Å². The van der Waals surface area contributed by atoms with Gasteiger partial charge in [0.1, 0.15) is 5.75 Å². The third-order valence-electron chi connectivity index (χ3n) is 2.44. The lowest BCUT2D eigenvalue weighted by Gasteiger charge is -2.18. The molecule has 7 heteroatoms. The van der Waals surface area contributed by atoms with Gasteiger partial charge in [-0.3, -0.25) is 0 Å². The van der Waals surface area contributed by atoms with Gasteiger partial charge in [-0.05, 0) is 30.7 Å². The van der Waals surface area contributed by atoms with Crippen LogP contribution in [-0.2, 0) is 6.18 Å². The molecule has 1 aromatic rings. The molecule has 1 atom stereocenters. The van der Waals surface area contributed by atoms with Crippen molar-refractivity contribution in [2.24, 2.45) is 11.5 Å². The average molecular weight is 285 g/mol. The molecular weight excluding hydrogens is 269 g/mol. The van der Waals surface area contributed by atoms with Crippen LogP contribution in [0.4, 0.5) is 13.2 Å². The van der Waals surface area contributed by atoms with Crippen molar-refractivity contribution in [1.29, 1.82) is 0 Å². The number of halogens is 4. The van der Waals surface area contributed by atoms with Crippen LogP contribution in [0.5, 0.6) is 5.75 Å². The minimum Gasteiger partial charge on any atom is -0.497 e. The minimum absolute atomic E-state index is 0. The average Bonchev–Trinajstić information content (AvgIpc) is 2.27. The molecule has 18 heavy (non-hydrogen) atoms. The maximum atomic E-state index is 12.8. The topological polar surface area (TPSA) is 61.3 Å². The zero-order chi connectivity index (χ0) is 13.1. The predicted molar refractivity (Wildman–Crippen MR) is 65.8 cm³/mol. The van der Waals surface area contributed by atoms with Gasteiger partial charge in [-0.1, -0.05) is 6.07 Å². The van der Waals surface area contributed by atoms with Crippen LogP contribution in [0.2, 0.25) is 0 Å². The molecule has 0 spiro atoms. The third-order valence-corrected chi connectivity index (χ3v) is 2.44. The maximum absolute atomic E-state index is 12.8. The van der Waals surface area contributed by atoms with E-state index < -0.39 is 17.8 Å². The molecule has 0 saturated heterocycles. The number of ether oxygens (including phenoxy) is 1. The number of alkyl halides is 3. The predicted octanol–water partition coefficient (Wildman–Crippen LogP) is 2.48. The first-order chi connectivity index (χ1) is 7.90. The monoisotopic (exact) mass is 284 g/mol. The second-order valence-electron chi connectivity index (χ2n) is 3.63. The summed E-state index contributed by atoms with van der Waals surface area (Å²) >= 11 is 0. The molecule has 0 fully saturated rings. The lowest BCUT2D eigenvalue weighted by atomic mass is 9.98. The van der Waals surface area contributed by atoms with Crippen LogP contribution < -0.4 is 16.2 Å². The molecule has 4 N–H and O–H groups in total.